The van der Waals surface area contributed by atoms with Gasteiger partial charge >= 0.3 is 6.09 Å². The number of alkyl carbamates (subject to hydrolysis) is 1. The molecule has 4 nitrogen and oxygen atoms in total. The molecular weight excluding hydrogens is 278 g/mol. The second-order valence-electron chi connectivity index (χ2n) is 4.46. The molecule has 0 heterocycles. The van der Waals surface area contributed by atoms with E-state index in [1.165, 1.54) is 0 Å². The Kier molecular flexibility index (Phi) is 5.77. The number of amides is 1. The van der Waals surface area contributed by atoms with Crippen molar-refractivity contribution in [1.82, 2.24) is 5.32 Å². The first-order valence-corrected chi connectivity index (χ1v) is 6.76. The maximum absolute atomic E-state index is 11.5. The van der Waals surface area contributed by atoms with E-state index in [1.54, 1.807) is 24.3 Å². The quantitative estimate of drug-likeness (QED) is 0.696. The van der Waals surface area contributed by atoms with E-state index < -0.39 is 6.09 Å². The standard InChI is InChI=1S/C18H15NO3/c20-13-16-10-8-15(9-11-16)7-4-12-19-18(21)22-14-17-5-2-1-3-6-17/h1-3,5-6,8-11,13H,12,14H2,(H,19,21). The first-order chi connectivity index (χ1) is 10.8. The molecule has 0 aliphatic rings. The van der Waals surface area contributed by atoms with E-state index in [4.69, 9.17) is 4.74 Å². The highest BCUT2D eigenvalue weighted by atomic mass is 16.5. The van der Waals surface area contributed by atoms with Crippen LogP contribution in [0.15, 0.2) is 54.6 Å². The third-order valence-electron chi connectivity index (χ3n) is 2.81. The van der Waals surface area contributed by atoms with E-state index in [9.17, 15) is 9.59 Å². The third kappa shape index (κ3) is 5.14. The fourth-order valence-electron chi connectivity index (χ4n) is 1.68. The summed E-state index contributed by atoms with van der Waals surface area (Å²) >= 11 is 0. The molecular formula is C18H15NO3. The Hall–Kier alpha value is -3.06. The first kappa shape index (κ1) is 15.3. The lowest BCUT2D eigenvalue weighted by Gasteiger charge is -2.04. The van der Waals surface area contributed by atoms with Gasteiger partial charge in [0.2, 0.25) is 0 Å². The van der Waals surface area contributed by atoms with Crippen LogP contribution in [0.5, 0.6) is 0 Å². The molecule has 0 atom stereocenters. The van der Waals surface area contributed by atoms with Gasteiger partial charge in [-0.3, -0.25) is 4.79 Å². The third-order valence-corrected chi connectivity index (χ3v) is 2.81. The number of nitrogens with one attached hydrogen (secondary N) is 1. The van der Waals surface area contributed by atoms with E-state index in [0.29, 0.717) is 5.56 Å². The molecule has 4 heteroatoms. The van der Waals surface area contributed by atoms with Crippen LogP contribution in [0, 0.1) is 11.8 Å². The van der Waals surface area contributed by atoms with Gasteiger partial charge in [-0.1, -0.05) is 54.3 Å². The van der Waals surface area contributed by atoms with Gasteiger partial charge in [-0.25, -0.2) is 4.79 Å². The van der Waals surface area contributed by atoms with Crippen LogP contribution in [0.4, 0.5) is 4.79 Å². The monoisotopic (exact) mass is 293 g/mol. The smallest absolute Gasteiger partial charge is 0.408 e. The first-order valence-electron chi connectivity index (χ1n) is 6.76. The highest BCUT2D eigenvalue weighted by Crippen LogP contribution is 2.01. The van der Waals surface area contributed by atoms with E-state index >= 15 is 0 Å². The van der Waals surface area contributed by atoms with Gasteiger partial charge in [0.1, 0.15) is 12.9 Å². The van der Waals surface area contributed by atoms with Crippen LogP contribution >= 0.6 is 0 Å². The van der Waals surface area contributed by atoms with Gasteiger partial charge < -0.3 is 10.1 Å². The predicted molar refractivity (Wildman–Crippen MR) is 83.3 cm³/mol. The summed E-state index contributed by atoms with van der Waals surface area (Å²) < 4.78 is 5.05. The van der Waals surface area contributed by atoms with Crippen molar-refractivity contribution < 1.29 is 14.3 Å². The number of hydrogen-bond acceptors (Lipinski definition) is 3. The second kappa shape index (κ2) is 8.28. The van der Waals surface area contributed by atoms with Crippen LogP contribution < -0.4 is 5.32 Å². The van der Waals surface area contributed by atoms with E-state index in [-0.39, 0.29) is 13.2 Å². The SMILES string of the molecule is O=Cc1ccc(C#CCNC(=O)OCc2ccccc2)cc1. The van der Waals surface area contributed by atoms with E-state index in [1.807, 2.05) is 30.3 Å². The number of carbonyl (C=O) groups is 2. The molecule has 0 saturated heterocycles. The summed E-state index contributed by atoms with van der Waals surface area (Å²) in [5, 5.41) is 2.55. The number of rotatable bonds is 4. The Morgan fingerprint density at radius 2 is 1.82 bits per heavy atom. The number of benzene rings is 2. The summed E-state index contributed by atoms with van der Waals surface area (Å²) in [6, 6.07) is 16.3. The van der Waals surface area contributed by atoms with Crippen molar-refractivity contribution in [3.05, 3.63) is 71.3 Å². The van der Waals surface area contributed by atoms with Crippen LogP contribution in [0.1, 0.15) is 21.5 Å². The van der Waals surface area contributed by atoms with Crippen molar-refractivity contribution in [2.75, 3.05) is 6.54 Å². The van der Waals surface area contributed by atoms with Gasteiger partial charge in [-0.2, -0.15) is 0 Å². The molecule has 22 heavy (non-hydrogen) atoms. The largest absolute Gasteiger partial charge is 0.445 e. The van der Waals surface area contributed by atoms with Gasteiger partial charge in [0, 0.05) is 11.1 Å². The van der Waals surface area contributed by atoms with E-state index in [0.717, 1.165) is 17.4 Å². The summed E-state index contributed by atoms with van der Waals surface area (Å²) in [6.07, 6.45) is 0.274. The average Bonchev–Trinajstić information content (AvgIpc) is 2.58. The zero-order chi connectivity index (χ0) is 15.6. The van der Waals surface area contributed by atoms with Gasteiger partial charge in [0.05, 0.1) is 6.54 Å². The van der Waals surface area contributed by atoms with Gasteiger partial charge in [0.15, 0.2) is 0 Å². The minimum Gasteiger partial charge on any atom is -0.445 e. The Labute approximate surface area is 129 Å². The minimum absolute atomic E-state index is 0.197. The molecule has 0 spiro atoms. The van der Waals surface area contributed by atoms with Crippen molar-refractivity contribution >= 4 is 12.4 Å². The molecule has 110 valence electrons. The lowest BCUT2D eigenvalue weighted by Crippen LogP contribution is -2.24. The highest BCUT2D eigenvalue weighted by Gasteiger charge is 2.00. The summed E-state index contributed by atoms with van der Waals surface area (Å²) in [5.41, 5.74) is 2.32. The van der Waals surface area contributed by atoms with Crippen molar-refractivity contribution in [3.8, 4) is 11.8 Å². The number of carbonyl (C=O) groups excluding carboxylic acids is 2. The van der Waals surface area contributed by atoms with Crippen LogP contribution in [0.25, 0.3) is 0 Å². The van der Waals surface area contributed by atoms with Crippen LogP contribution in [-0.2, 0) is 11.3 Å². The summed E-state index contributed by atoms with van der Waals surface area (Å²) in [7, 11) is 0. The molecule has 2 aromatic rings. The zero-order valence-electron chi connectivity index (χ0n) is 11.9. The molecule has 0 fully saturated rings. The Morgan fingerprint density at radius 1 is 1.09 bits per heavy atom. The topological polar surface area (TPSA) is 55.4 Å². The molecule has 1 amide bonds. The van der Waals surface area contributed by atoms with Crippen molar-refractivity contribution in [3.63, 3.8) is 0 Å². The minimum atomic E-state index is -0.505. The lowest BCUT2D eigenvalue weighted by atomic mass is 10.1. The number of aldehydes is 1. The lowest BCUT2D eigenvalue weighted by molar-refractivity contribution is 0.112. The molecule has 0 radical (unpaired) electrons. The summed E-state index contributed by atoms with van der Waals surface area (Å²) in [5.74, 6) is 5.71. The summed E-state index contributed by atoms with van der Waals surface area (Å²) in [4.78, 5) is 22.0. The molecule has 0 unspecified atom stereocenters. The van der Waals surface area contributed by atoms with Gasteiger partial charge in [-0.05, 0) is 17.7 Å². The fourth-order valence-corrected chi connectivity index (χ4v) is 1.68. The Bertz CT molecular complexity index is 682. The van der Waals surface area contributed by atoms with Gasteiger partial charge in [0.25, 0.3) is 0 Å². The molecule has 0 aliphatic heterocycles. The average molecular weight is 293 g/mol. The maximum atomic E-state index is 11.5. The molecule has 0 aliphatic carbocycles. The molecule has 2 aromatic carbocycles. The number of ether oxygens (including phenoxy) is 1. The Morgan fingerprint density at radius 3 is 2.50 bits per heavy atom. The molecule has 1 N–H and O–H groups in total. The molecule has 0 saturated carbocycles. The molecule has 2 rings (SSSR count). The van der Waals surface area contributed by atoms with Crippen LogP contribution in [0.2, 0.25) is 0 Å². The van der Waals surface area contributed by atoms with Crippen molar-refractivity contribution in [2.24, 2.45) is 0 Å². The van der Waals surface area contributed by atoms with Crippen molar-refractivity contribution in [2.45, 2.75) is 6.61 Å². The fraction of sp³-hybridized carbons (Fsp3) is 0.111. The predicted octanol–water partition coefficient (Wildman–Crippen LogP) is 2.78. The van der Waals surface area contributed by atoms with Crippen molar-refractivity contribution in [1.29, 1.82) is 0 Å². The highest BCUT2D eigenvalue weighted by molar-refractivity contribution is 5.74. The Balaban J connectivity index is 1.72. The maximum Gasteiger partial charge on any atom is 0.408 e. The van der Waals surface area contributed by atoms with Crippen LogP contribution in [-0.4, -0.2) is 18.9 Å². The number of hydrogen-bond donors (Lipinski definition) is 1. The van der Waals surface area contributed by atoms with Gasteiger partial charge in [-0.15, -0.1) is 0 Å². The molecule has 0 bridgehead atoms. The van der Waals surface area contributed by atoms with E-state index in [2.05, 4.69) is 17.2 Å². The second-order valence-corrected chi connectivity index (χ2v) is 4.46. The summed E-state index contributed by atoms with van der Waals surface area (Å²) in [6.45, 7) is 0.427. The van der Waals surface area contributed by atoms with Crippen LogP contribution in [0.3, 0.4) is 0 Å². The normalized spacial score (nSPS) is 9.27. The zero-order valence-corrected chi connectivity index (χ0v) is 11.9. The molecule has 0 aromatic heterocycles.